The molecular formula is C16H26N2O2S. The van der Waals surface area contributed by atoms with Gasteiger partial charge in [-0.05, 0) is 36.8 Å². The molecule has 0 amide bonds. The van der Waals surface area contributed by atoms with Crippen LogP contribution in [0.5, 0.6) is 0 Å². The summed E-state index contributed by atoms with van der Waals surface area (Å²) < 4.78 is 27.4. The first-order chi connectivity index (χ1) is 10.00. The first kappa shape index (κ1) is 16.5. The largest absolute Gasteiger partial charge is 0.326 e. The van der Waals surface area contributed by atoms with Gasteiger partial charge in [-0.1, -0.05) is 43.5 Å². The summed E-state index contributed by atoms with van der Waals surface area (Å²) >= 11 is 0. The number of hydrogen-bond donors (Lipinski definition) is 2. The van der Waals surface area contributed by atoms with Crippen molar-refractivity contribution in [3.05, 3.63) is 35.4 Å². The highest BCUT2D eigenvalue weighted by Gasteiger charge is 2.24. The Labute approximate surface area is 128 Å². The third-order valence-corrected chi connectivity index (χ3v) is 5.78. The molecule has 3 N–H and O–H groups in total. The van der Waals surface area contributed by atoms with Gasteiger partial charge in [-0.15, -0.1) is 0 Å². The second-order valence-corrected chi connectivity index (χ2v) is 7.84. The molecule has 1 unspecified atom stereocenters. The van der Waals surface area contributed by atoms with Gasteiger partial charge in [-0.2, -0.15) is 0 Å². The molecule has 0 heterocycles. The van der Waals surface area contributed by atoms with Gasteiger partial charge >= 0.3 is 0 Å². The number of nitrogens with one attached hydrogen (secondary N) is 1. The molecule has 5 heteroatoms. The summed E-state index contributed by atoms with van der Waals surface area (Å²) in [6.07, 6.45) is 5.99. The third kappa shape index (κ3) is 5.09. The molecular weight excluding hydrogens is 284 g/mol. The quantitative estimate of drug-likeness (QED) is 0.848. The number of rotatable bonds is 6. The second kappa shape index (κ2) is 7.38. The molecule has 0 aliphatic heterocycles. The van der Waals surface area contributed by atoms with E-state index in [9.17, 15) is 8.42 Å². The highest BCUT2D eigenvalue weighted by atomic mass is 32.2. The van der Waals surface area contributed by atoms with E-state index in [-0.39, 0.29) is 11.8 Å². The Morgan fingerprint density at radius 1 is 1.14 bits per heavy atom. The summed E-state index contributed by atoms with van der Waals surface area (Å²) in [5.74, 6) is 0.516. The van der Waals surface area contributed by atoms with E-state index in [1.54, 1.807) is 0 Å². The van der Waals surface area contributed by atoms with Crippen molar-refractivity contribution in [3.8, 4) is 0 Å². The zero-order valence-electron chi connectivity index (χ0n) is 12.7. The lowest BCUT2D eigenvalue weighted by molar-refractivity contribution is 0.303. The van der Waals surface area contributed by atoms with Gasteiger partial charge in [0.1, 0.15) is 0 Å². The molecule has 1 fully saturated rings. The summed E-state index contributed by atoms with van der Waals surface area (Å²) in [4.78, 5) is 0. The van der Waals surface area contributed by atoms with Gasteiger partial charge in [0.15, 0.2) is 0 Å². The average molecular weight is 310 g/mol. The van der Waals surface area contributed by atoms with Crippen LogP contribution in [0.3, 0.4) is 0 Å². The van der Waals surface area contributed by atoms with Crippen LogP contribution in [0, 0.1) is 5.92 Å². The molecule has 0 bridgehead atoms. The van der Waals surface area contributed by atoms with Crippen LogP contribution in [0.4, 0.5) is 0 Å². The maximum absolute atomic E-state index is 12.3. The number of hydrogen-bond acceptors (Lipinski definition) is 3. The van der Waals surface area contributed by atoms with E-state index < -0.39 is 10.0 Å². The standard InChI is InChI=1S/C16H26N2O2S/c1-13(16-5-3-2-4-6-16)18-21(19,20)12-15-9-7-14(11-17)8-10-15/h7-10,13,16,18H,2-6,11-12,17H2,1H3. The maximum atomic E-state index is 12.3. The molecule has 1 aliphatic carbocycles. The van der Waals surface area contributed by atoms with Crippen molar-refractivity contribution >= 4 is 10.0 Å². The van der Waals surface area contributed by atoms with Crippen LogP contribution in [0.25, 0.3) is 0 Å². The van der Waals surface area contributed by atoms with Crippen LogP contribution in [0.15, 0.2) is 24.3 Å². The van der Waals surface area contributed by atoms with E-state index in [0.717, 1.165) is 24.0 Å². The second-order valence-electron chi connectivity index (χ2n) is 6.08. The van der Waals surface area contributed by atoms with Crippen LogP contribution in [0.1, 0.15) is 50.2 Å². The van der Waals surface area contributed by atoms with Crippen molar-refractivity contribution in [2.75, 3.05) is 0 Å². The summed E-state index contributed by atoms with van der Waals surface area (Å²) in [5.41, 5.74) is 7.36. The van der Waals surface area contributed by atoms with E-state index >= 15 is 0 Å². The first-order valence-electron chi connectivity index (χ1n) is 7.78. The monoisotopic (exact) mass is 310 g/mol. The Morgan fingerprint density at radius 2 is 1.71 bits per heavy atom. The van der Waals surface area contributed by atoms with E-state index in [4.69, 9.17) is 5.73 Å². The lowest BCUT2D eigenvalue weighted by Crippen LogP contribution is -2.39. The maximum Gasteiger partial charge on any atom is 0.216 e. The Hall–Kier alpha value is -0.910. The lowest BCUT2D eigenvalue weighted by atomic mass is 9.85. The Morgan fingerprint density at radius 3 is 2.29 bits per heavy atom. The normalized spacial score (nSPS) is 18.6. The predicted octanol–water partition coefficient (Wildman–Crippen LogP) is 2.53. The molecule has 21 heavy (non-hydrogen) atoms. The van der Waals surface area contributed by atoms with Crippen molar-refractivity contribution in [1.29, 1.82) is 0 Å². The van der Waals surface area contributed by atoms with Crippen molar-refractivity contribution in [1.82, 2.24) is 4.72 Å². The molecule has 1 aliphatic rings. The van der Waals surface area contributed by atoms with Crippen LogP contribution in [-0.4, -0.2) is 14.5 Å². The summed E-state index contributed by atoms with van der Waals surface area (Å²) in [7, 11) is -3.28. The fraction of sp³-hybridized carbons (Fsp3) is 0.625. The Bertz CT molecular complexity index is 534. The predicted molar refractivity (Wildman–Crippen MR) is 86.1 cm³/mol. The van der Waals surface area contributed by atoms with Crippen molar-refractivity contribution in [2.45, 2.75) is 57.4 Å². The zero-order chi connectivity index (χ0) is 15.3. The number of sulfonamides is 1. The highest BCUT2D eigenvalue weighted by Crippen LogP contribution is 2.26. The van der Waals surface area contributed by atoms with Crippen LogP contribution in [-0.2, 0) is 22.3 Å². The first-order valence-corrected chi connectivity index (χ1v) is 9.43. The molecule has 2 rings (SSSR count). The summed E-state index contributed by atoms with van der Waals surface area (Å²) in [5, 5.41) is 0. The fourth-order valence-corrected chi connectivity index (χ4v) is 4.52. The molecule has 1 atom stereocenters. The van der Waals surface area contributed by atoms with Gasteiger partial charge < -0.3 is 5.73 Å². The van der Waals surface area contributed by atoms with Crippen molar-refractivity contribution in [2.24, 2.45) is 11.7 Å². The molecule has 1 saturated carbocycles. The summed E-state index contributed by atoms with van der Waals surface area (Å²) in [6.45, 7) is 2.47. The van der Waals surface area contributed by atoms with E-state index in [2.05, 4.69) is 4.72 Å². The van der Waals surface area contributed by atoms with Gasteiger partial charge in [-0.3, -0.25) is 0 Å². The minimum absolute atomic E-state index is 0.0265. The van der Waals surface area contributed by atoms with Crippen LogP contribution >= 0.6 is 0 Å². The van der Waals surface area contributed by atoms with Gasteiger partial charge in [0.05, 0.1) is 5.75 Å². The third-order valence-electron chi connectivity index (χ3n) is 4.34. The molecule has 0 radical (unpaired) electrons. The SMILES string of the molecule is CC(NS(=O)(=O)Cc1ccc(CN)cc1)C1CCCCC1. The van der Waals surface area contributed by atoms with Crippen LogP contribution < -0.4 is 10.5 Å². The fourth-order valence-electron chi connectivity index (χ4n) is 3.05. The number of nitrogens with two attached hydrogens (primary N) is 1. The molecule has 0 saturated heterocycles. The smallest absolute Gasteiger partial charge is 0.216 e. The average Bonchev–Trinajstić information content (AvgIpc) is 2.48. The highest BCUT2D eigenvalue weighted by molar-refractivity contribution is 7.88. The lowest BCUT2D eigenvalue weighted by Gasteiger charge is -2.28. The van der Waals surface area contributed by atoms with Gasteiger partial charge in [0.2, 0.25) is 10.0 Å². The Kier molecular flexibility index (Phi) is 5.79. The molecule has 0 spiro atoms. The molecule has 4 nitrogen and oxygen atoms in total. The minimum atomic E-state index is -3.28. The minimum Gasteiger partial charge on any atom is -0.326 e. The molecule has 0 aromatic heterocycles. The Balaban J connectivity index is 1.93. The molecule has 118 valence electrons. The van der Waals surface area contributed by atoms with Gasteiger partial charge in [0.25, 0.3) is 0 Å². The van der Waals surface area contributed by atoms with Crippen LogP contribution in [0.2, 0.25) is 0 Å². The van der Waals surface area contributed by atoms with Crippen molar-refractivity contribution in [3.63, 3.8) is 0 Å². The van der Waals surface area contributed by atoms with E-state index in [0.29, 0.717) is 12.5 Å². The van der Waals surface area contributed by atoms with Gasteiger partial charge in [-0.25, -0.2) is 13.1 Å². The molecule has 1 aromatic carbocycles. The van der Waals surface area contributed by atoms with Crippen molar-refractivity contribution < 1.29 is 8.42 Å². The summed E-state index contributed by atoms with van der Waals surface area (Å²) in [6, 6.07) is 7.48. The van der Waals surface area contributed by atoms with Gasteiger partial charge in [0, 0.05) is 12.6 Å². The van der Waals surface area contributed by atoms with E-state index in [1.807, 2.05) is 31.2 Å². The molecule has 1 aromatic rings. The van der Waals surface area contributed by atoms with E-state index in [1.165, 1.54) is 19.3 Å². The zero-order valence-corrected chi connectivity index (χ0v) is 13.5. The topological polar surface area (TPSA) is 72.2 Å². The number of benzene rings is 1.